The van der Waals surface area contributed by atoms with Gasteiger partial charge in [0.1, 0.15) is 12.4 Å². The van der Waals surface area contributed by atoms with E-state index in [1.165, 1.54) is 0 Å². The first-order valence-electron chi connectivity index (χ1n) is 4.57. The highest BCUT2D eigenvalue weighted by Crippen LogP contribution is 2.32. The third-order valence-electron chi connectivity index (χ3n) is 2.04. The Morgan fingerprint density at radius 1 is 1.25 bits per heavy atom. The summed E-state index contributed by atoms with van der Waals surface area (Å²) in [4.78, 5) is 1.16. The van der Waals surface area contributed by atoms with Crippen LogP contribution < -0.4 is 10.5 Å². The van der Waals surface area contributed by atoms with Crippen molar-refractivity contribution in [3.05, 3.63) is 43.5 Å². The molecule has 0 aliphatic rings. The van der Waals surface area contributed by atoms with Crippen LogP contribution in [0.15, 0.2) is 38.6 Å². The molecule has 1 aromatic carbocycles. The molecule has 0 atom stereocenters. The summed E-state index contributed by atoms with van der Waals surface area (Å²) in [6.07, 6.45) is 0. The maximum Gasteiger partial charge on any atom is 0.136 e. The topological polar surface area (TPSA) is 35.2 Å². The zero-order chi connectivity index (χ0) is 11.5. The Morgan fingerprint density at radius 2 is 2.06 bits per heavy atom. The van der Waals surface area contributed by atoms with Crippen molar-refractivity contribution < 1.29 is 4.74 Å². The van der Waals surface area contributed by atoms with Crippen LogP contribution in [0.25, 0.3) is 0 Å². The minimum absolute atomic E-state index is 0.542. The first-order valence-corrected chi connectivity index (χ1v) is 7.03. The normalized spacial score (nSPS) is 10.4. The largest absolute Gasteiger partial charge is 0.487 e. The zero-order valence-electron chi connectivity index (χ0n) is 8.24. The highest BCUT2D eigenvalue weighted by Gasteiger charge is 2.06. The fourth-order valence-corrected chi connectivity index (χ4v) is 2.97. The van der Waals surface area contributed by atoms with E-state index in [1.807, 2.05) is 29.6 Å². The molecule has 0 amide bonds. The SMILES string of the molecule is Nc1cccc(OCc2sccc2Br)c1Br. The quantitative estimate of drug-likeness (QED) is 0.819. The maximum atomic E-state index is 5.77. The number of hydrogen-bond donors (Lipinski definition) is 1. The van der Waals surface area contributed by atoms with E-state index in [0.29, 0.717) is 12.3 Å². The monoisotopic (exact) mass is 361 g/mol. The highest BCUT2D eigenvalue weighted by molar-refractivity contribution is 9.11. The Morgan fingerprint density at radius 3 is 2.75 bits per heavy atom. The molecule has 1 aromatic heterocycles. The van der Waals surface area contributed by atoms with E-state index >= 15 is 0 Å². The summed E-state index contributed by atoms with van der Waals surface area (Å²) >= 11 is 8.53. The molecule has 0 radical (unpaired) electrons. The van der Waals surface area contributed by atoms with Crippen molar-refractivity contribution in [2.45, 2.75) is 6.61 Å². The Bertz CT molecular complexity index is 498. The average Bonchev–Trinajstić information content (AvgIpc) is 2.67. The van der Waals surface area contributed by atoms with Crippen LogP contribution in [-0.2, 0) is 6.61 Å². The number of anilines is 1. The van der Waals surface area contributed by atoms with Gasteiger partial charge in [-0.3, -0.25) is 0 Å². The van der Waals surface area contributed by atoms with Crippen molar-refractivity contribution in [3.63, 3.8) is 0 Å². The number of benzene rings is 1. The number of halogens is 2. The Hall–Kier alpha value is -0.520. The molecule has 2 N–H and O–H groups in total. The molecule has 2 aromatic rings. The molecule has 0 aliphatic carbocycles. The predicted molar refractivity (Wildman–Crippen MR) is 74.9 cm³/mol. The lowest BCUT2D eigenvalue weighted by atomic mass is 10.3. The van der Waals surface area contributed by atoms with Crippen molar-refractivity contribution in [3.8, 4) is 5.75 Å². The molecule has 0 unspecified atom stereocenters. The molecule has 5 heteroatoms. The van der Waals surface area contributed by atoms with Gasteiger partial charge in [-0.1, -0.05) is 6.07 Å². The van der Waals surface area contributed by atoms with Crippen molar-refractivity contribution in [1.29, 1.82) is 0 Å². The molecule has 0 aliphatic heterocycles. The molecular formula is C11H9Br2NOS. The molecule has 0 bridgehead atoms. The molecule has 16 heavy (non-hydrogen) atoms. The molecule has 1 heterocycles. The van der Waals surface area contributed by atoms with Crippen LogP contribution in [0, 0.1) is 0 Å². The third-order valence-corrected chi connectivity index (χ3v) is 4.79. The van der Waals surface area contributed by atoms with E-state index in [2.05, 4.69) is 31.9 Å². The van der Waals surface area contributed by atoms with E-state index in [1.54, 1.807) is 11.3 Å². The van der Waals surface area contributed by atoms with Gasteiger partial charge in [0.15, 0.2) is 0 Å². The van der Waals surface area contributed by atoms with E-state index in [4.69, 9.17) is 10.5 Å². The number of thiophene rings is 1. The van der Waals surface area contributed by atoms with Crippen molar-refractivity contribution in [1.82, 2.24) is 0 Å². The smallest absolute Gasteiger partial charge is 0.136 e. The predicted octanol–water partition coefficient (Wildman–Crippen LogP) is 4.43. The van der Waals surface area contributed by atoms with Crippen LogP contribution in [0.4, 0.5) is 5.69 Å². The van der Waals surface area contributed by atoms with Gasteiger partial charge in [0.2, 0.25) is 0 Å². The third kappa shape index (κ3) is 2.59. The highest BCUT2D eigenvalue weighted by atomic mass is 79.9. The molecular weight excluding hydrogens is 354 g/mol. The summed E-state index contributed by atoms with van der Waals surface area (Å²) in [5.41, 5.74) is 6.45. The van der Waals surface area contributed by atoms with Crippen LogP contribution in [0.5, 0.6) is 5.75 Å². The van der Waals surface area contributed by atoms with Crippen molar-refractivity contribution >= 4 is 48.9 Å². The minimum Gasteiger partial charge on any atom is -0.487 e. The fourth-order valence-electron chi connectivity index (χ4n) is 1.21. The van der Waals surface area contributed by atoms with Gasteiger partial charge in [0.25, 0.3) is 0 Å². The van der Waals surface area contributed by atoms with Gasteiger partial charge in [-0.15, -0.1) is 11.3 Å². The number of nitrogens with two attached hydrogens (primary N) is 1. The molecule has 0 fully saturated rings. The molecule has 0 saturated carbocycles. The Balaban J connectivity index is 2.11. The minimum atomic E-state index is 0.542. The maximum absolute atomic E-state index is 5.77. The fraction of sp³-hybridized carbons (Fsp3) is 0.0909. The van der Waals surface area contributed by atoms with Crippen LogP contribution in [-0.4, -0.2) is 0 Å². The zero-order valence-corrected chi connectivity index (χ0v) is 12.2. The number of hydrogen-bond acceptors (Lipinski definition) is 3. The Kier molecular flexibility index (Phi) is 3.89. The van der Waals surface area contributed by atoms with Crippen molar-refractivity contribution in [2.75, 3.05) is 5.73 Å². The van der Waals surface area contributed by atoms with Crippen LogP contribution in [0.2, 0.25) is 0 Å². The lowest BCUT2D eigenvalue weighted by molar-refractivity contribution is 0.307. The first kappa shape index (κ1) is 12.0. The lowest BCUT2D eigenvalue weighted by Crippen LogP contribution is -1.96. The van der Waals surface area contributed by atoms with E-state index < -0.39 is 0 Å². The summed E-state index contributed by atoms with van der Waals surface area (Å²) in [5, 5.41) is 2.02. The molecule has 2 rings (SSSR count). The lowest BCUT2D eigenvalue weighted by Gasteiger charge is -2.08. The molecule has 0 saturated heterocycles. The summed E-state index contributed by atoms with van der Waals surface area (Å²) in [6.45, 7) is 0.542. The van der Waals surface area contributed by atoms with Gasteiger partial charge < -0.3 is 10.5 Å². The van der Waals surface area contributed by atoms with Gasteiger partial charge in [0, 0.05) is 10.2 Å². The molecule has 0 spiro atoms. The standard InChI is InChI=1S/C11H9Br2NOS/c12-7-4-5-16-10(7)6-15-9-3-1-2-8(14)11(9)13/h1-5H,6,14H2. The van der Waals surface area contributed by atoms with E-state index in [-0.39, 0.29) is 0 Å². The van der Waals surface area contributed by atoms with Gasteiger partial charge in [0.05, 0.1) is 9.35 Å². The second-order valence-electron chi connectivity index (χ2n) is 3.14. The first-order chi connectivity index (χ1) is 7.68. The van der Waals surface area contributed by atoms with E-state index in [9.17, 15) is 0 Å². The van der Waals surface area contributed by atoms with Crippen molar-refractivity contribution in [2.24, 2.45) is 0 Å². The Labute approximate surface area is 115 Å². The number of rotatable bonds is 3. The van der Waals surface area contributed by atoms with Gasteiger partial charge in [-0.2, -0.15) is 0 Å². The summed E-state index contributed by atoms with van der Waals surface area (Å²) in [7, 11) is 0. The second-order valence-corrected chi connectivity index (χ2v) is 5.79. The molecule has 84 valence electrons. The van der Waals surface area contributed by atoms with Crippen LogP contribution in [0.3, 0.4) is 0 Å². The van der Waals surface area contributed by atoms with Gasteiger partial charge in [-0.25, -0.2) is 0 Å². The van der Waals surface area contributed by atoms with Crippen LogP contribution in [0.1, 0.15) is 4.88 Å². The summed E-state index contributed by atoms with van der Waals surface area (Å²) in [6, 6.07) is 7.61. The van der Waals surface area contributed by atoms with Gasteiger partial charge >= 0.3 is 0 Å². The summed E-state index contributed by atoms with van der Waals surface area (Å²) in [5.74, 6) is 0.764. The number of nitrogen functional groups attached to an aromatic ring is 1. The van der Waals surface area contributed by atoms with Crippen LogP contribution >= 0.6 is 43.2 Å². The van der Waals surface area contributed by atoms with Gasteiger partial charge in [-0.05, 0) is 55.4 Å². The molecule has 2 nitrogen and oxygen atoms in total. The average molecular weight is 363 g/mol. The summed E-state index contributed by atoms with van der Waals surface area (Å²) < 4.78 is 7.59. The second kappa shape index (κ2) is 5.21. The van der Waals surface area contributed by atoms with E-state index in [0.717, 1.165) is 19.6 Å². The number of ether oxygens (including phenoxy) is 1.